The van der Waals surface area contributed by atoms with Crippen LogP contribution in [0.3, 0.4) is 0 Å². The van der Waals surface area contributed by atoms with Crippen molar-refractivity contribution in [1.82, 2.24) is 15.1 Å². The number of hydrogen-bond acceptors (Lipinski definition) is 3. The first kappa shape index (κ1) is 19.2. The van der Waals surface area contributed by atoms with E-state index < -0.39 is 0 Å². The third-order valence-corrected chi connectivity index (χ3v) is 4.78. The van der Waals surface area contributed by atoms with E-state index >= 15 is 0 Å². The second-order valence-corrected chi connectivity index (χ2v) is 6.92. The Morgan fingerprint density at radius 3 is 2.76 bits per heavy atom. The summed E-state index contributed by atoms with van der Waals surface area (Å²) >= 11 is 0. The number of nitrogens with one attached hydrogen (secondary N) is 1. The van der Waals surface area contributed by atoms with Gasteiger partial charge in [0.1, 0.15) is 0 Å². The van der Waals surface area contributed by atoms with Gasteiger partial charge in [-0.25, -0.2) is 4.79 Å². The Bertz CT molecular complexity index is 562. The highest BCUT2D eigenvalue weighted by molar-refractivity contribution is 5.78. The molecule has 3 amide bonds. The van der Waals surface area contributed by atoms with E-state index in [4.69, 9.17) is 5.73 Å². The fraction of sp³-hybridized carbons (Fsp3) is 0.579. The van der Waals surface area contributed by atoms with Crippen molar-refractivity contribution in [3.05, 3.63) is 35.9 Å². The third-order valence-electron chi connectivity index (χ3n) is 4.78. The molecule has 25 heavy (non-hydrogen) atoms. The molecule has 0 bridgehead atoms. The number of carbonyl (C=O) groups is 2. The third kappa shape index (κ3) is 6.05. The first-order valence-corrected chi connectivity index (χ1v) is 9.03. The van der Waals surface area contributed by atoms with Gasteiger partial charge in [0.15, 0.2) is 0 Å². The van der Waals surface area contributed by atoms with Gasteiger partial charge in [0.2, 0.25) is 5.91 Å². The van der Waals surface area contributed by atoms with Gasteiger partial charge in [-0.3, -0.25) is 4.79 Å². The van der Waals surface area contributed by atoms with Crippen LogP contribution < -0.4 is 11.1 Å². The van der Waals surface area contributed by atoms with Crippen LogP contribution >= 0.6 is 0 Å². The molecule has 6 heteroatoms. The molecule has 138 valence electrons. The first-order chi connectivity index (χ1) is 12.0. The van der Waals surface area contributed by atoms with Crippen LogP contribution in [-0.4, -0.2) is 54.5 Å². The zero-order valence-electron chi connectivity index (χ0n) is 15.3. The highest BCUT2D eigenvalue weighted by atomic mass is 16.2. The zero-order valence-corrected chi connectivity index (χ0v) is 15.3. The van der Waals surface area contributed by atoms with Gasteiger partial charge in [0, 0.05) is 45.7 Å². The van der Waals surface area contributed by atoms with Gasteiger partial charge in [0.05, 0.1) is 0 Å². The minimum atomic E-state index is -0.163. The molecule has 0 spiro atoms. The summed E-state index contributed by atoms with van der Waals surface area (Å²) in [6, 6.07) is 9.77. The van der Waals surface area contributed by atoms with Crippen molar-refractivity contribution in [2.45, 2.75) is 38.8 Å². The number of rotatable bonds is 6. The van der Waals surface area contributed by atoms with Crippen molar-refractivity contribution in [1.29, 1.82) is 0 Å². The summed E-state index contributed by atoms with van der Waals surface area (Å²) in [5.41, 5.74) is 7.04. The Balaban J connectivity index is 1.70. The highest BCUT2D eigenvalue weighted by Crippen LogP contribution is 2.19. The summed E-state index contributed by atoms with van der Waals surface area (Å²) in [5.74, 6) is 0.473. The van der Waals surface area contributed by atoms with Gasteiger partial charge < -0.3 is 20.9 Å². The van der Waals surface area contributed by atoms with Crippen molar-refractivity contribution >= 4 is 11.9 Å². The smallest absolute Gasteiger partial charge is 0.317 e. The standard InChI is InChI=1S/C19H30N4O2/c1-15(20)17-9-6-12-23(14-17)18(24)10-11-21-19(25)22(2)13-16-7-4-3-5-8-16/h3-5,7-8,15,17H,6,9-14,20H2,1-2H3,(H,21,25). The lowest BCUT2D eigenvalue weighted by Gasteiger charge is -2.34. The van der Waals surface area contributed by atoms with Crippen molar-refractivity contribution in [3.63, 3.8) is 0 Å². The lowest BCUT2D eigenvalue weighted by atomic mass is 9.92. The quantitative estimate of drug-likeness (QED) is 0.824. The number of urea groups is 1. The van der Waals surface area contributed by atoms with Crippen LogP contribution in [0.1, 0.15) is 31.7 Å². The van der Waals surface area contributed by atoms with Crippen molar-refractivity contribution in [2.24, 2.45) is 11.7 Å². The fourth-order valence-electron chi connectivity index (χ4n) is 3.16. The summed E-state index contributed by atoms with van der Waals surface area (Å²) in [6.45, 7) is 4.43. The van der Waals surface area contributed by atoms with Crippen LogP contribution in [0.15, 0.2) is 30.3 Å². The van der Waals surface area contributed by atoms with Crippen LogP contribution in [-0.2, 0) is 11.3 Å². The Hall–Kier alpha value is -2.08. The second-order valence-electron chi connectivity index (χ2n) is 6.92. The van der Waals surface area contributed by atoms with E-state index in [1.807, 2.05) is 42.2 Å². The van der Waals surface area contributed by atoms with E-state index in [-0.39, 0.29) is 18.0 Å². The fourth-order valence-corrected chi connectivity index (χ4v) is 3.16. The zero-order chi connectivity index (χ0) is 18.2. The topological polar surface area (TPSA) is 78.7 Å². The van der Waals surface area contributed by atoms with Crippen molar-refractivity contribution in [3.8, 4) is 0 Å². The SMILES string of the molecule is CC(N)C1CCCN(C(=O)CCNC(=O)N(C)Cc2ccccc2)C1. The van der Waals surface area contributed by atoms with E-state index in [0.29, 0.717) is 25.4 Å². The van der Waals surface area contributed by atoms with Gasteiger partial charge in [-0.2, -0.15) is 0 Å². The summed E-state index contributed by atoms with van der Waals surface area (Å²) < 4.78 is 0. The molecule has 1 saturated heterocycles. The lowest BCUT2D eigenvalue weighted by molar-refractivity contribution is -0.132. The van der Waals surface area contributed by atoms with Crippen LogP contribution in [0.4, 0.5) is 4.79 Å². The Morgan fingerprint density at radius 1 is 1.36 bits per heavy atom. The van der Waals surface area contributed by atoms with Gasteiger partial charge in [-0.15, -0.1) is 0 Å². The number of carbonyl (C=O) groups excluding carboxylic acids is 2. The normalized spacial score (nSPS) is 18.5. The Kier molecular flexibility index (Phi) is 7.25. The van der Waals surface area contributed by atoms with Crippen LogP contribution in [0.5, 0.6) is 0 Å². The molecule has 1 heterocycles. The minimum Gasteiger partial charge on any atom is -0.342 e. The van der Waals surface area contributed by atoms with E-state index in [2.05, 4.69) is 5.32 Å². The maximum absolute atomic E-state index is 12.3. The number of nitrogens with two attached hydrogens (primary N) is 1. The summed E-state index contributed by atoms with van der Waals surface area (Å²) in [6.07, 6.45) is 2.42. The highest BCUT2D eigenvalue weighted by Gasteiger charge is 2.25. The number of likely N-dealkylation sites (tertiary alicyclic amines) is 1. The molecule has 1 fully saturated rings. The maximum Gasteiger partial charge on any atom is 0.317 e. The predicted octanol–water partition coefficient (Wildman–Crippen LogP) is 1.80. The number of hydrogen-bond donors (Lipinski definition) is 2. The molecular weight excluding hydrogens is 316 g/mol. The monoisotopic (exact) mass is 346 g/mol. The van der Waals surface area contributed by atoms with Gasteiger partial charge in [-0.05, 0) is 31.2 Å². The van der Waals surface area contributed by atoms with Crippen LogP contribution in [0, 0.1) is 5.92 Å². The molecule has 3 N–H and O–H groups in total. The molecule has 2 rings (SSSR count). The summed E-state index contributed by atoms with van der Waals surface area (Å²) in [5, 5.41) is 2.82. The molecular formula is C19H30N4O2. The Morgan fingerprint density at radius 2 is 2.08 bits per heavy atom. The van der Waals surface area contributed by atoms with E-state index in [1.54, 1.807) is 11.9 Å². The number of nitrogens with zero attached hydrogens (tertiary/aromatic N) is 2. The number of piperidine rings is 1. The molecule has 1 aromatic rings. The van der Waals surface area contributed by atoms with Gasteiger partial charge >= 0.3 is 6.03 Å². The predicted molar refractivity (Wildman–Crippen MR) is 98.9 cm³/mol. The molecule has 0 saturated carbocycles. The molecule has 1 aliphatic rings. The molecule has 1 aromatic carbocycles. The minimum absolute atomic E-state index is 0.0939. The average molecular weight is 346 g/mol. The Labute approximate surface area is 150 Å². The van der Waals surface area contributed by atoms with Gasteiger partial charge in [-0.1, -0.05) is 30.3 Å². The van der Waals surface area contributed by atoms with E-state index in [0.717, 1.165) is 31.5 Å². The first-order valence-electron chi connectivity index (χ1n) is 9.03. The van der Waals surface area contributed by atoms with Crippen LogP contribution in [0.2, 0.25) is 0 Å². The lowest BCUT2D eigenvalue weighted by Crippen LogP contribution is -2.46. The number of amides is 3. The molecule has 2 unspecified atom stereocenters. The van der Waals surface area contributed by atoms with Crippen molar-refractivity contribution < 1.29 is 9.59 Å². The van der Waals surface area contributed by atoms with Gasteiger partial charge in [0.25, 0.3) is 0 Å². The van der Waals surface area contributed by atoms with Crippen molar-refractivity contribution in [2.75, 3.05) is 26.7 Å². The molecule has 6 nitrogen and oxygen atoms in total. The maximum atomic E-state index is 12.3. The summed E-state index contributed by atoms with van der Waals surface area (Å²) in [4.78, 5) is 28.0. The average Bonchev–Trinajstić information content (AvgIpc) is 2.62. The second kappa shape index (κ2) is 9.42. The molecule has 0 radical (unpaired) electrons. The van der Waals surface area contributed by atoms with Crippen LogP contribution in [0.25, 0.3) is 0 Å². The molecule has 1 aliphatic heterocycles. The number of benzene rings is 1. The van der Waals surface area contributed by atoms with E-state index in [1.165, 1.54) is 0 Å². The molecule has 0 aromatic heterocycles. The van der Waals surface area contributed by atoms with E-state index in [9.17, 15) is 9.59 Å². The largest absolute Gasteiger partial charge is 0.342 e. The molecule has 2 atom stereocenters. The summed E-state index contributed by atoms with van der Waals surface area (Å²) in [7, 11) is 1.75. The molecule has 0 aliphatic carbocycles.